The zero-order chi connectivity index (χ0) is 10.7. The van der Waals surface area contributed by atoms with Gasteiger partial charge in [-0.1, -0.05) is 20.8 Å². The quantitative estimate of drug-likeness (QED) is 0.725. The van der Waals surface area contributed by atoms with Gasteiger partial charge in [0.05, 0.1) is 5.92 Å². The Morgan fingerprint density at radius 1 is 1.50 bits per heavy atom. The number of carboxylic acids is 1. The lowest BCUT2D eigenvalue weighted by molar-refractivity contribution is -0.141. The molecule has 4 atom stereocenters. The number of rotatable bonds is 4. The minimum Gasteiger partial charge on any atom is -0.481 e. The summed E-state index contributed by atoms with van der Waals surface area (Å²) in [5.74, 6) is 0.456. The maximum atomic E-state index is 10.6. The number of hydrogen-bond donors (Lipinski definition) is 2. The summed E-state index contributed by atoms with van der Waals surface area (Å²) < 4.78 is 0. The van der Waals surface area contributed by atoms with E-state index in [4.69, 9.17) is 5.11 Å². The van der Waals surface area contributed by atoms with Crippen molar-refractivity contribution in [2.24, 2.45) is 17.8 Å². The lowest BCUT2D eigenvalue weighted by atomic mass is 9.97. The molecule has 0 bridgehead atoms. The highest BCUT2D eigenvalue weighted by atomic mass is 16.4. The molecule has 3 nitrogen and oxygen atoms in total. The molecule has 0 aromatic rings. The topological polar surface area (TPSA) is 49.3 Å². The van der Waals surface area contributed by atoms with Gasteiger partial charge in [-0.25, -0.2) is 0 Å². The van der Waals surface area contributed by atoms with Gasteiger partial charge >= 0.3 is 5.97 Å². The first-order valence-corrected chi connectivity index (χ1v) is 5.48. The van der Waals surface area contributed by atoms with Crippen LogP contribution in [0.2, 0.25) is 0 Å². The molecule has 1 saturated carbocycles. The molecule has 0 spiro atoms. The van der Waals surface area contributed by atoms with Gasteiger partial charge in [0, 0.05) is 12.6 Å². The lowest BCUT2D eigenvalue weighted by Gasteiger charge is -2.20. The maximum absolute atomic E-state index is 10.6. The summed E-state index contributed by atoms with van der Waals surface area (Å²) >= 11 is 0. The Kier molecular flexibility index (Phi) is 3.93. The SMILES string of the molecule is CC(CNC1CCC(C)C1C)C(=O)O. The molecular formula is C11H21NO2. The van der Waals surface area contributed by atoms with Crippen LogP contribution in [0.3, 0.4) is 0 Å². The number of carbonyl (C=O) groups is 1. The molecule has 0 aromatic heterocycles. The Hall–Kier alpha value is -0.570. The highest BCUT2D eigenvalue weighted by Gasteiger charge is 2.29. The van der Waals surface area contributed by atoms with Crippen LogP contribution in [0.25, 0.3) is 0 Å². The number of nitrogens with one attached hydrogen (secondary N) is 1. The maximum Gasteiger partial charge on any atom is 0.307 e. The van der Waals surface area contributed by atoms with Crippen molar-refractivity contribution in [1.82, 2.24) is 5.32 Å². The van der Waals surface area contributed by atoms with Gasteiger partial charge in [-0.05, 0) is 24.7 Å². The Balaban J connectivity index is 2.28. The van der Waals surface area contributed by atoms with E-state index in [2.05, 4.69) is 19.2 Å². The summed E-state index contributed by atoms with van der Waals surface area (Å²) in [5.41, 5.74) is 0. The lowest BCUT2D eigenvalue weighted by Crippen LogP contribution is -2.37. The van der Waals surface area contributed by atoms with Gasteiger partial charge in [0.1, 0.15) is 0 Å². The largest absolute Gasteiger partial charge is 0.481 e. The summed E-state index contributed by atoms with van der Waals surface area (Å²) in [6.07, 6.45) is 2.45. The summed E-state index contributed by atoms with van der Waals surface area (Å²) in [6, 6.07) is 0.520. The Bertz CT molecular complexity index is 205. The van der Waals surface area contributed by atoms with Crippen LogP contribution in [-0.2, 0) is 4.79 Å². The standard InChI is InChI=1S/C11H21NO2/c1-7-4-5-10(9(7)3)12-6-8(2)11(13)14/h7-10,12H,4-6H2,1-3H3,(H,13,14). The minimum atomic E-state index is -0.712. The molecule has 2 N–H and O–H groups in total. The molecule has 1 aliphatic rings. The molecule has 14 heavy (non-hydrogen) atoms. The van der Waals surface area contributed by atoms with Crippen LogP contribution in [0.15, 0.2) is 0 Å². The second-order valence-corrected chi connectivity index (χ2v) is 4.67. The second kappa shape index (κ2) is 4.78. The van der Waals surface area contributed by atoms with Crippen molar-refractivity contribution in [1.29, 1.82) is 0 Å². The molecule has 0 heterocycles. The van der Waals surface area contributed by atoms with Gasteiger partial charge in [-0.2, -0.15) is 0 Å². The zero-order valence-corrected chi connectivity index (χ0v) is 9.29. The van der Waals surface area contributed by atoms with Crippen LogP contribution < -0.4 is 5.32 Å². The molecule has 82 valence electrons. The zero-order valence-electron chi connectivity index (χ0n) is 9.29. The predicted octanol–water partition coefficient (Wildman–Crippen LogP) is 1.73. The average Bonchev–Trinajstić information content (AvgIpc) is 2.44. The van der Waals surface area contributed by atoms with E-state index < -0.39 is 5.97 Å². The van der Waals surface area contributed by atoms with Crippen LogP contribution in [-0.4, -0.2) is 23.7 Å². The number of carboxylic acid groups (broad SMARTS) is 1. The summed E-state index contributed by atoms with van der Waals surface area (Å²) in [7, 11) is 0. The smallest absolute Gasteiger partial charge is 0.307 e. The molecule has 0 radical (unpaired) electrons. The summed E-state index contributed by atoms with van der Waals surface area (Å²) in [4.78, 5) is 10.6. The molecule has 4 unspecified atom stereocenters. The molecule has 0 amide bonds. The van der Waals surface area contributed by atoms with E-state index in [9.17, 15) is 4.79 Å². The van der Waals surface area contributed by atoms with Crippen molar-refractivity contribution in [2.45, 2.75) is 39.7 Å². The third-order valence-electron chi connectivity index (χ3n) is 3.57. The van der Waals surface area contributed by atoms with Gasteiger partial charge in [0.2, 0.25) is 0 Å². The first kappa shape index (κ1) is 11.5. The van der Waals surface area contributed by atoms with E-state index in [-0.39, 0.29) is 5.92 Å². The monoisotopic (exact) mass is 199 g/mol. The fourth-order valence-electron chi connectivity index (χ4n) is 2.07. The van der Waals surface area contributed by atoms with E-state index in [0.29, 0.717) is 18.5 Å². The Morgan fingerprint density at radius 3 is 2.57 bits per heavy atom. The summed E-state index contributed by atoms with van der Waals surface area (Å²) in [5, 5.41) is 12.1. The molecular weight excluding hydrogens is 178 g/mol. The van der Waals surface area contributed by atoms with Crippen molar-refractivity contribution < 1.29 is 9.90 Å². The van der Waals surface area contributed by atoms with Crippen LogP contribution in [0, 0.1) is 17.8 Å². The van der Waals surface area contributed by atoms with Crippen LogP contribution in [0.5, 0.6) is 0 Å². The fourth-order valence-corrected chi connectivity index (χ4v) is 2.07. The Labute approximate surface area is 85.9 Å². The molecule has 1 rings (SSSR count). The van der Waals surface area contributed by atoms with Gasteiger partial charge in [0.25, 0.3) is 0 Å². The Morgan fingerprint density at radius 2 is 2.14 bits per heavy atom. The second-order valence-electron chi connectivity index (χ2n) is 4.67. The van der Waals surface area contributed by atoms with Gasteiger partial charge in [0.15, 0.2) is 0 Å². The molecule has 1 aliphatic carbocycles. The molecule has 0 saturated heterocycles. The van der Waals surface area contributed by atoms with Crippen LogP contribution >= 0.6 is 0 Å². The number of hydrogen-bond acceptors (Lipinski definition) is 2. The third-order valence-corrected chi connectivity index (χ3v) is 3.57. The van der Waals surface area contributed by atoms with Crippen LogP contribution in [0.1, 0.15) is 33.6 Å². The van der Waals surface area contributed by atoms with E-state index >= 15 is 0 Å². The van der Waals surface area contributed by atoms with E-state index in [1.165, 1.54) is 12.8 Å². The van der Waals surface area contributed by atoms with E-state index in [0.717, 1.165) is 5.92 Å². The molecule has 0 aromatic carbocycles. The van der Waals surface area contributed by atoms with Crippen molar-refractivity contribution in [3.63, 3.8) is 0 Å². The van der Waals surface area contributed by atoms with Crippen molar-refractivity contribution in [2.75, 3.05) is 6.54 Å². The van der Waals surface area contributed by atoms with Gasteiger partial charge in [-0.15, -0.1) is 0 Å². The molecule has 3 heteroatoms. The van der Waals surface area contributed by atoms with Gasteiger partial charge < -0.3 is 10.4 Å². The minimum absolute atomic E-state index is 0.280. The van der Waals surface area contributed by atoms with E-state index in [1.54, 1.807) is 6.92 Å². The molecule has 0 aliphatic heterocycles. The number of aliphatic carboxylic acids is 1. The normalized spacial score (nSPS) is 34.4. The van der Waals surface area contributed by atoms with Crippen molar-refractivity contribution >= 4 is 5.97 Å². The van der Waals surface area contributed by atoms with Crippen LogP contribution in [0.4, 0.5) is 0 Å². The average molecular weight is 199 g/mol. The fraction of sp³-hybridized carbons (Fsp3) is 0.909. The highest BCUT2D eigenvalue weighted by Crippen LogP contribution is 2.30. The first-order chi connectivity index (χ1) is 6.52. The highest BCUT2D eigenvalue weighted by molar-refractivity contribution is 5.69. The van der Waals surface area contributed by atoms with Crippen molar-refractivity contribution in [3.05, 3.63) is 0 Å². The molecule has 1 fully saturated rings. The van der Waals surface area contributed by atoms with Crippen molar-refractivity contribution in [3.8, 4) is 0 Å². The predicted molar refractivity (Wildman–Crippen MR) is 56.2 cm³/mol. The van der Waals surface area contributed by atoms with E-state index in [1.807, 2.05) is 0 Å². The first-order valence-electron chi connectivity index (χ1n) is 5.48. The summed E-state index contributed by atoms with van der Waals surface area (Å²) in [6.45, 7) is 6.86. The van der Waals surface area contributed by atoms with Gasteiger partial charge in [-0.3, -0.25) is 4.79 Å². The third kappa shape index (κ3) is 2.71.